The van der Waals surface area contributed by atoms with Gasteiger partial charge >= 0.3 is 0 Å². The van der Waals surface area contributed by atoms with E-state index in [9.17, 15) is 9.59 Å². The van der Waals surface area contributed by atoms with Crippen molar-refractivity contribution in [3.05, 3.63) is 76.0 Å². The number of H-pyrrole nitrogens is 1. The number of hydrogen-bond donors (Lipinski definition) is 2. The number of piperidine rings is 1. The van der Waals surface area contributed by atoms with Crippen LogP contribution in [0.2, 0.25) is 0 Å². The number of nitrogens with zero attached hydrogens (tertiary/aromatic N) is 3. The lowest BCUT2D eigenvalue weighted by molar-refractivity contribution is 0.0742. The summed E-state index contributed by atoms with van der Waals surface area (Å²) in [6.45, 7) is 6.97. The van der Waals surface area contributed by atoms with E-state index in [1.807, 2.05) is 30.3 Å². The molecule has 0 radical (unpaired) electrons. The van der Waals surface area contributed by atoms with Crippen LogP contribution >= 0.6 is 0 Å². The summed E-state index contributed by atoms with van der Waals surface area (Å²) in [5, 5.41) is 11.1. The molecule has 1 saturated heterocycles. The Kier molecular flexibility index (Phi) is 6.75. The molecular formula is C33H37N5O2. The molecule has 206 valence electrons. The molecule has 0 spiro atoms. The van der Waals surface area contributed by atoms with Crippen LogP contribution in [0.5, 0.6) is 0 Å². The lowest BCUT2D eigenvalue weighted by Crippen LogP contribution is -2.43. The zero-order chi connectivity index (χ0) is 28.0. The summed E-state index contributed by atoms with van der Waals surface area (Å²) in [5.41, 5.74) is 7.74. The molecule has 3 aliphatic rings. The minimum atomic E-state index is -0.570. The number of nitrogens with one attached hydrogen (secondary N) is 2. The largest absolute Gasteiger partial charge is 0.349 e. The van der Waals surface area contributed by atoms with E-state index >= 15 is 0 Å². The van der Waals surface area contributed by atoms with E-state index in [-0.39, 0.29) is 23.3 Å². The van der Waals surface area contributed by atoms with E-state index in [1.54, 1.807) is 11.0 Å². The van der Waals surface area contributed by atoms with Crippen LogP contribution in [-0.4, -0.2) is 58.0 Å². The van der Waals surface area contributed by atoms with Crippen LogP contribution in [-0.2, 0) is 19.4 Å². The maximum Gasteiger partial charge on any atom is 0.255 e. The molecule has 2 N–H and O–H groups in total. The number of fused-ring (bicyclic) bond motifs is 2. The number of carbonyl (C=O) groups is 2. The van der Waals surface area contributed by atoms with E-state index in [1.165, 1.54) is 11.3 Å². The molecule has 3 heterocycles. The molecule has 1 aromatic heterocycles. The molecule has 0 saturated carbocycles. The van der Waals surface area contributed by atoms with Crippen molar-refractivity contribution in [2.75, 3.05) is 20.1 Å². The monoisotopic (exact) mass is 535 g/mol. The molecular weight excluding hydrogens is 498 g/mol. The zero-order valence-corrected chi connectivity index (χ0v) is 23.6. The molecule has 2 amide bonds. The zero-order valence-electron chi connectivity index (χ0n) is 23.6. The fraction of sp³-hybridized carbons (Fsp3) is 0.424. The van der Waals surface area contributed by atoms with Crippen LogP contribution in [0.3, 0.4) is 0 Å². The number of hydrogen-bond acceptors (Lipinski definition) is 4. The first kappa shape index (κ1) is 26.3. The summed E-state index contributed by atoms with van der Waals surface area (Å²) in [4.78, 5) is 30.6. The molecule has 1 fully saturated rings. The maximum absolute atomic E-state index is 13.5. The van der Waals surface area contributed by atoms with Gasteiger partial charge in [0.25, 0.3) is 11.8 Å². The maximum atomic E-state index is 13.5. The second kappa shape index (κ2) is 10.3. The Morgan fingerprint density at radius 2 is 2.00 bits per heavy atom. The fourth-order valence-electron chi connectivity index (χ4n) is 6.42. The second-order valence-corrected chi connectivity index (χ2v) is 12.4. The van der Waals surface area contributed by atoms with Gasteiger partial charge in [-0.1, -0.05) is 38.0 Å². The SMILES string of the molecule is C#C[C@H](c1cccc(C(=O)NC2CCN(C)CC2)c1)N1Cc2cc(-c3n[nH]c4c3CCC(C)(C)C4)ccc2C1=O. The van der Waals surface area contributed by atoms with E-state index < -0.39 is 6.04 Å². The Labute approximate surface area is 236 Å². The molecule has 3 aromatic rings. The van der Waals surface area contributed by atoms with Gasteiger partial charge in [-0.25, -0.2) is 0 Å². The minimum Gasteiger partial charge on any atom is -0.349 e. The highest BCUT2D eigenvalue weighted by atomic mass is 16.2. The molecule has 2 aromatic carbocycles. The van der Waals surface area contributed by atoms with Crippen molar-refractivity contribution in [2.24, 2.45) is 5.41 Å². The highest BCUT2D eigenvalue weighted by Gasteiger charge is 2.34. The van der Waals surface area contributed by atoms with Gasteiger partial charge in [0.2, 0.25) is 0 Å². The first-order valence-electron chi connectivity index (χ1n) is 14.3. The predicted molar refractivity (Wildman–Crippen MR) is 156 cm³/mol. The summed E-state index contributed by atoms with van der Waals surface area (Å²) in [7, 11) is 2.10. The molecule has 1 atom stereocenters. The summed E-state index contributed by atoms with van der Waals surface area (Å²) in [6.07, 6.45) is 11.0. The van der Waals surface area contributed by atoms with Gasteiger partial charge in [-0.05, 0) is 93.0 Å². The molecule has 2 aliphatic heterocycles. The van der Waals surface area contributed by atoms with Gasteiger partial charge < -0.3 is 15.1 Å². The number of aromatic amines is 1. The lowest BCUT2D eigenvalue weighted by atomic mass is 9.76. The first-order valence-corrected chi connectivity index (χ1v) is 14.3. The molecule has 0 bridgehead atoms. The fourth-order valence-corrected chi connectivity index (χ4v) is 6.42. The first-order chi connectivity index (χ1) is 19.2. The van der Waals surface area contributed by atoms with E-state index in [4.69, 9.17) is 6.42 Å². The summed E-state index contributed by atoms with van der Waals surface area (Å²) in [5.74, 6) is 2.63. The van der Waals surface area contributed by atoms with Crippen LogP contribution in [0.1, 0.15) is 82.3 Å². The quantitative estimate of drug-likeness (QED) is 0.462. The second-order valence-electron chi connectivity index (χ2n) is 12.4. The topological polar surface area (TPSA) is 81.3 Å². The van der Waals surface area contributed by atoms with Gasteiger partial charge in [0.15, 0.2) is 0 Å². The van der Waals surface area contributed by atoms with Gasteiger partial charge in [-0.15, -0.1) is 6.42 Å². The third-order valence-corrected chi connectivity index (χ3v) is 8.86. The van der Waals surface area contributed by atoms with Crippen molar-refractivity contribution in [3.8, 4) is 23.6 Å². The highest BCUT2D eigenvalue weighted by Crippen LogP contribution is 2.39. The van der Waals surface area contributed by atoms with Crippen molar-refractivity contribution in [2.45, 2.75) is 64.6 Å². The van der Waals surface area contributed by atoms with Crippen LogP contribution in [0, 0.1) is 17.8 Å². The van der Waals surface area contributed by atoms with E-state index in [0.717, 1.165) is 67.6 Å². The Morgan fingerprint density at radius 1 is 1.20 bits per heavy atom. The summed E-state index contributed by atoms with van der Waals surface area (Å²) in [6, 6.07) is 13.0. The third-order valence-electron chi connectivity index (χ3n) is 8.86. The lowest BCUT2D eigenvalue weighted by Gasteiger charge is -2.29. The standard InChI is InChI=1S/C33H37N5O2/c1-5-29(21-7-6-8-23(17-21)31(39)34-25-12-15-37(4)16-13-25)38-20-24-18-22(9-10-26(24)32(38)40)30-27-11-14-33(2,3)19-28(27)35-36-30/h1,6-10,17-18,25,29H,11-16,19-20H2,2-4H3,(H,34,39)(H,35,36)/t29-/m1/s1. The Bertz CT molecular complexity index is 1510. The number of terminal acetylenes is 1. The van der Waals surface area contributed by atoms with Crippen LogP contribution < -0.4 is 5.32 Å². The van der Waals surface area contributed by atoms with Crippen molar-refractivity contribution >= 4 is 11.8 Å². The number of likely N-dealkylation sites (tertiary alicyclic amines) is 1. The number of rotatable bonds is 5. The predicted octanol–water partition coefficient (Wildman–Crippen LogP) is 4.75. The van der Waals surface area contributed by atoms with Gasteiger partial charge in [-0.3, -0.25) is 14.7 Å². The van der Waals surface area contributed by atoms with Crippen molar-refractivity contribution in [3.63, 3.8) is 0 Å². The average molecular weight is 536 g/mol. The van der Waals surface area contributed by atoms with Gasteiger partial charge in [0.05, 0.1) is 5.69 Å². The minimum absolute atomic E-state index is 0.0866. The summed E-state index contributed by atoms with van der Waals surface area (Å²) >= 11 is 0. The number of benzene rings is 2. The Balaban J connectivity index is 1.21. The number of amides is 2. The van der Waals surface area contributed by atoms with E-state index in [2.05, 4.69) is 53.3 Å². The molecule has 1 aliphatic carbocycles. The molecule has 40 heavy (non-hydrogen) atoms. The molecule has 0 unspecified atom stereocenters. The Morgan fingerprint density at radius 3 is 2.77 bits per heavy atom. The van der Waals surface area contributed by atoms with E-state index in [0.29, 0.717) is 17.7 Å². The van der Waals surface area contributed by atoms with Gasteiger partial charge in [0.1, 0.15) is 6.04 Å². The average Bonchev–Trinajstić information content (AvgIpc) is 3.50. The normalized spacial score (nSPS) is 19.6. The van der Waals surface area contributed by atoms with Crippen LogP contribution in [0.25, 0.3) is 11.3 Å². The number of aromatic nitrogens is 2. The molecule has 7 heteroatoms. The van der Waals surface area contributed by atoms with Crippen LogP contribution in [0.15, 0.2) is 42.5 Å². The molecule has 6 rings (SSSR count). The summed E-state index contributed by atoms with van der Waals surface area (Å²) < 4.78 is 0. The highest BCUT2D eigenvalue weighted by molar-refractivity contribution is 5.99. The van der Waals surface area contributed by atoms with Gasteiger partial charge in [0, 0.05) is 40.5 Å². The van der Waals surface area contributed by atoms with Gasteiger partial charge in [-0.2, -0.15) is 5.10 Å². The Hall–Kier alpha value is -3.89. The van der Waals surface area contributed by atoms with Crippen molar-refractivity contribution < 1.29 is 9.59 Å². The number of carbonyl (C=O) groups excluding carboxylic acids is 2. The third kappa shape index (κ3) is 4.93. The van der Waals surface area contributed by atoms with Crippen molar-refractivity contribution in [1.29, 1.82) is 0 Å². The van der Waals surface area contributed by atoms with Crippen molar-refractivity contribution in [1.82, 2.24) is 25.3 Å². The van der Waals surface area contributed by atoms with Crippen LogP contribution in [0.4, 0.5) is 0 Å². The molecule has 7 nitrogen and oxygen atoms in total. The smallest absolute Gasteiger partial charge is 0.255 e.